The van der Waals surface area contributed by atoms with E-state index in [9.17, 15) is 4.79 Å². The predicted molar refractivity (Wildman–Crippen MR) is 62.8 cm³/mol. The number of carbonyl (C=O) groups excluding carboxylic acids is 1. The van der Waals surface area contributed by atoms with E-state index in [1.807, 2.05) is 12.2 Å². The normalized spacial score (nSPS) is 31.3. The van der Waals surface area contributed by atoms with Crippen molar-refractivity contribution in [3.63, 3.8) is 0 Å². The summed E-state index contributed by atoms with van der Waals surface area (Å²) in [4.78, 5) is 11.8. The van der Waals surface area contributed by atoms with Crippen LogP contribution in [0.15, 0.2) is 12.2 Å². The highest BCUT2D eigenvalue weighted by atomic mass is 16.5. The van der Waals surface area contributed by atoms with E-state index in [4.69, 9.17) is 10.5 Å². The number of hydrogen-bond donors (Lipinski definition) is 1. The third kappa shape index (κ3) is 3.08. The summed E-state index contributed by atoms with van der Waals surface area (Å²) in [6, 6.07) is 0.0340. The van der Waals surface area contributed by atoms with Crippen LogP contribution in [0.4, 0.5) is 0 Å². The van der Waals surface area contributed by atoms with Crippen molar-refractivity contribution in [3.8, 4) is 0 Å². The smallest absolute Gasteiger partial charge is 0.313 e. The van der Waals surface area contributed by atoms with Crippen LogP contribution in [0.2, 0.25) is 0 Å². The van der Waals surface area contributed by atoms with E-state index in [1.54, 1.807) is 0 Å². The van der Waals surface area contributed by atoms with Gasteiger partial charge in [-0.1, -0.05) is 25.0 Å². The molecule has 0 bridgehead atoms. The zero-order valence-corrected chi connectivity index (χ0v) is 9.73. The molecule has 1 fully saturated rings. The lowest BCUT2D eigenvalue weighted by Gasteiger charge is -2.17. The van der Waals surface area contributed by atoms with Gasteiger partial charge < -0.3 is 10.5 Å². The summed E-state index contributed by atoms with van der Waals surface area (Å²) in [7, 11) is 0. The van der Waals surface area contributed by atoms with Crippen LogP contribution < -0.4 is 5.73 Å². The average molecular weight is 223 g/mol. The van der Waals surface area contributed by atoms with E-state index in [1.165, 1.54) is 25.7 Å². The number of hydrogen-bond acceptors (Lipinski definition) is 3. The Morgan fingerprint density at radius 2 is 1.81 bits per heavy atom. The summed E-state index contributed by atoms with van der Waals surface area (Å²) in [5.41, 5.74) is 5.73. The second kappa shape index (κ2) is 5.48. The van der Waals surface area contributed by atoms with Gasteiger partial charge in [0.05, 0.1) is 5.92 Å². The summed E-state index contributed by atoms with van der Waals surface area (Å²) in [6.07, 6.45) is 11.7. The molecule has 0 aromatic carbocycles. The topological polar surface area (TPSA) is 52.3 Å². The molecule has 0 aliphatic heterocycles. The average Bonchev–Trinajstić information content (AvgIpc) is 2.54. The van der Waals surface area contributed by atoms with E-state index in [2.05, 4.69) is 0 Å². The van der Waals surface area contributed by atoms with Gasteiger partial charge in [0.1, 0.15) is 6.10 Å². The van der Waals surface area contributed by atoms with Crippen molar-refractivity contribution in [2.75, 3.05) is 0 Å². The molecule has 0 radical (unpaired) electrons. The molecule has 0 amide bonds. The van der Waals surface area contributed by atoms with Crippen molar-refractivity contribution in [1.29, 1.82) is 0 Å². The number of rotatable bonds is 2. The molecule has 3 nitrogen and oxygen atoms in total. The number of ether oxygens (including phenoxy) is 1. The second-order valence-electron chi connectivity index (χ2n) is 4.94. The largest absolute Gasteiger partial charge is 0.462 e. The lowest BCUT2D eigenvalue weighted by atomic mass is 10.1. The van der Waals surface area contributed by atoms with Crippen LogP contribution in [-0.4, -0.2) is 18.1 Å². The maximum atomic E-state index is 11.8. The van der Waals surface area contributed by atoms with Crippen molar-refractivity contribution in [3.05, 3.63) is 12.2 Å². The molecule has 0 heterocycles. The highest BCUT2D eigenvalue weighted by Gasteiger charge is 2.26. The van der Waals surface area contributed by atoms with Crippen LogP contribution >= 0.6 is 0 Å². The van der Waals surface area contributed by atoms with Gasteiger partial charge in [0.25, 0.3) is 0 Å². The van der Waals surface area contributed by atoms with Gasteiger partial charge in [0.15, 0.2) is 0 Å². The molecule has 0 spiro atoms. The summed E-state index contributed by atoms with van der Waals surface area (Å²) in [5.74, 6) is -0.172. The van der Waals surface area contributed by atoms with Crippen LogP contribution in [0.3, 0.4) is 0 Å². The summed E-state index contributed by atoms with van der Waals surface area (Å²) < 4.78 is 5.56. The van der Waals surface area contributed by atoms with Gasteiger partial charge in [0.2, 0.25) is 0 Å². The zero-order valence-electron chi connectivity index (χ0n) is 9.73. The van der Waals surface area contributed by atoms with Crippen molar-refractivity contribution in [2.45, 2.75) is 57.1 Å². The molecule has 2 N–H and O–H groups in total. The summed E-state index contributed by atoms with van der Waals surface area (Å²) in [6.45, 7) is 0. The van der Waals surface area contributed by atoms with Gasteiger partial charge in [-0.15, -0.1) is 0 Å². The Hall–Kier alpha value is -0.830. The molecule has 16 heavy (non-hydrogen) atoms. The van der Waals surface area contributed by atoms with Gasteiger partial charge in [-0.3, -0.25) is 4.79 Å². The van der Waals surface area contributed by atoms with E-state index >= 15 is 0 Å². The van der Waals surface area contributed by atoms with Crippen LogP contribution in [0, 0.1) is 5.92 Å². The quantitative estimate of drug-likeness (QED) is 0.443. The summed E-state index contributed by atoms with van der Waals surface area (Å²) >= 11 is 0. The first-order valence-corrected chi connectivity index (χ1v) is 6.40. The van der Waals surface area contributed by atoms with Crippen molar-refractivity contribution in [2.24, 2.45) is 11.7 Å². The highest BCUT2D eigenvalue weighted by Crippen LogP contribution is 2.23. The van der Waals surface area contributed by atoms with E-state index in [0.717, 1.165) is 12.8 Å². The fourth-order valence-electron chi connectivity index (χ4n) is 2.51. The van der Waals surface area contributed by atoms with E-state index < -0.39 is 0 Å². The molecule has 2 atom stereocenters. The molecule has 0 saturated heterocycles. The number of esters is 1. The fraction of sp³-hybridized carbons (Fsp3) is 0.769. The van der Waals surface area contributed by atoms with Crippen molar-refractivity contribution in [1.82, 2.24) is 0 Å². The van der Waals surface area contributed by atoms with Crippen LogP contribution in [-0.2, 0) is 9.53 Å². The Kier molecular flexibility index (Phi) is 3.99. The first-order valence-electron chi connectivity index (χ1n) is 6.40. The second-order valence-corrected chi connectivity index (χ2v) is 4.94. The lowest BCUT2D eigenvalue weighted by molar-refractivity contribution is -0.153. The molecule has 90 valence electrons. The monoisotopic (exact) mass is 223 g/mol. The zero-order chi connectivity index (χ0) is 11.4. The maximum Gasteiger partial charge on any atom is 0.313 e. The van der Waals surface area contributed by atoms with E-state index in [0.29, 0.717) is 6.42 Å². The molecule has 0 aromatic rings. The van der Waals surface area contributed by atoms with Crippen molar-refractivity contribution >= 4 is 5.97 Å². The van der Waals surface area contributed by atoms with Gasteiger partial charge in [0, 0.05) is 6.04 Å². The van der Waals surface area contributed by atoms with Crippen LogP contribution in [0.1, 0.15) is 44.9 Å². The van der Waals surface area contributed by atoms with Gasteiger partial charge >= 0.3 is 5.97 Å². The van der Waals surface area contributed by atoms with Gasteiger partial charge in [-0.05, 0) is 32.1 Å². The molecule has 3 heteroatoms. The lowest BCUT2D eigenvalue weighted by Crippen LogP contribution is -2.24. The maximum absolute atomic E-state index is 11.8. The van der Waals surface area contributed by atoms with E-state index in [-0.39, 0.29) is 24.0 Å². The minimum absolute atomic E-state index is 0.0340. The molecule has 1 saturated carbocycles. The number of carbonyl (C=O) groups is 1. The molecule has 2 aliphatic rings. The Morgan fingerprint density at radius 3 is 2.38 bits per heavy atom. The van der Waals surface area contributed by atoms with Gasteiger partial charge in [-0.2, -0.15) is 0 Å². The first-order chi connectivity index (χ1) is 7.75. The molecular formula is C13H21NO2. The minimum Gasteiger partial charge on any atom is -0.462 e. The molecule has 2 rings (SSSR count). The van der Waals surface area contributed by atoms with Crippen LogP contribution in [0.5, 0.6) is 0 Å². The SMILES string of the molecule is NC1C=CC(C(=O)OC2CCCCCC2)C1. The molecule has 2 aliphatic carbocycles. The third-order valence-corrected chi connectivity index (χ3v) is 3.50. The highest BCUT2D eigenvalue weighted by molar-refractivity contribution is 5.75. The molecule has 2 unspecified atom stereocenters. The Labute approximate surface area is 97.0 Å². The van der Waals surface area contributed by atoms with Gasteiger partial charge in [-0.25, -0.2) is 0 Å². The Balaban J connectivity index is 1.79. The van der Waals surface area contributed by atoms with Crippen molar-refractivity contribution < 1.29 is 9.53 Å². The Morgan fingerprint density at radius 1 is 1.12 bits per heavy atom. The third-order valence-electron chi connectivity index (χ3n) is 3.50. The first kappa shape index (κ1) is 11.6. The predicted octanol–water partition coefficient (Wildman–Crippen LogP) is 2.16. The molecule has 0 aromatic heterocycles. The standard InChI is InChI=1S/C13H21NO2/c14-11-8-7-10(9-11)13(15)16-12-5-3-1-2-4-6-12/h7-8,10-12H,1-6,9,14H2. The fourth-order valence-corrected chi connectivity index (χ4v) is 2.51. The minimum atomic E-state index is -0.0988. The number of nitrogens with two attached hydrogens (primary N) is 1. The molecular weight excluding hydrogens is 202 g/mol. The van der Waals surface area contributed by atoms with Crippen LogP contribution in [0.25, 0.3) is 0 Å². The summed E-state index contributed by atoms with van der Waals surface area (Å²) in [5, 5.41) is 0. The Bertz CT molecular complexity index is 267.